The number of rotatable bonds is 6. The highest BCUT2D eigenvalue weighted by molar-refractivity contribution is 5.41. The Morgan fingerprint density at radius 1 is 1.19 bits per heavy atom. The molecule has 0 unspecified atom stereocenters. The second-order valence-corrected chi connectivity index (χ2v) is 5.09. The lowest BCUT2D eigenvalue weighted by Crippen LogP contribution is -2.04. The van der Waals surface area contributed by atoms with Crippen molar-refractivity contribution in [2.45, 2.75) is 46.5 Å². The second kappa shape index (κ2) is 6.51. The zero-order chi connectivity index (χ0) is 12.0. The van der Waals surface area contributed by atoms with Crippen molar-refractivity contribution < 1.29 is 0 Å². The van der Waals surface area contributed by atoms with E-state index in [0.717, 1.165) is 23.8 Å². The molecule has 0 bridgehead atoms. The summed E-state index contributed by atoms with van der Waals surface area (Å²) in [5.41, 5.74) is 2.29. The molecule has 0 aliphatic carbocycles. The van der Waals surface area contributed by atoms with Gasteiger partial charge in [-0.2, -0.15) is 0 Å². The molecule has 1 N–H and O–H groups in total. The minimum Gasteiger partial charge on any atom is -0.384 e. The normalized spacial score (nSPS) is 11.1. The van der Waals surface area contributed by atoms with Crippen molar-refractivity contribution in [3.05, 3.63) is 24.0 Å². The third-order valence-corrected chi connectivity index (χ3v) is 2.67. The summed E-state index contributed by atoms with van der Waals surface area (Å²) in [4.78, 5) is 4.43. The van der Waals surface area contributed by atoms with E-state index >= 15 is 0 Å². The van der Waals surface area contributed by atoms with Crippen molar-refractivity contribution in [1.29, 1.82) is 0 Å². The first-order valence-corrected chi connectivity index (χ1v) is 6.29. The van der Waals surface area contributed by atoms with Gasteiger partial charge in [0.1, 0.15) is 0 Å². The van der Waals surface area contributed by atoms with Gasteiger partial charge >= 0.3 is 0 Å². The molecule has 90 valence electrons. The zero-order valence-corrected chi connectivity index (χ0v) is 11.0. The van der Waals surface area contributed by atoms with Crippen molar-refractivity contribution in [1.82, 2.24) is 4.98 Å². The van der Waals surface area contributed by atoms with Crippen LogP contribution >= 0.6 is 0 Å². The van der Waals surface area contributed by atoms with Crippen LogP contribution in [0.25, 0.3) is 0 Å². The Hall–Kier alpha value is -1.05. The van der Waals surface area contributed by atoms with Crippen LogP contribution < -0.4 is 5.32 Å². The standard InChI is InChI=1S/C14H24N2/c1-11(2)6-5-9-15-13-7-8-14(12(3)4)16-10-13/h7-8,10-12,15H,5-6,9H2,1-4H3. The average molecular weight is 220 g/mol. The number of hydrogen-bond donors (Lipinski definition) is 1. The molecular weight excluding hydrogens is 196 g/mol. The van der Waals surface area contributed by atoms with Crippen LogP contribution in [0.15, 0.2) is 18.3 Å². The number of pyridine rings is 1. The van der Waals surface area contributed by atoms with Crippen molar-refractivity contribution in [2.75, 3.05) is 11.9 Å². The van der Waals surface area contributed by atoms with Crippen molar-refractivity contribution in [3.8, 4) is 0 Å². The summed E-state index contributed by atoms with van der Waals surface area (Å²) >= 11 is 0. The Morgan fingerprint density at radius 3 is 2.44 bits per heavy atom. The molecule has 1 aromatic heterocycles. The predicted octanol–water partition coefficient (Wildman–Crippen LogP) is 4.05. The van der Waals surface area contributed by atoms with Gasteiger partial charge in [0, 0.05) is 12.2 Å². The van der Waals surface area contributed by atoms with Crippen molar-refractivity contribution in [2.24, 2.45) is 5.92 Å². The molecule has 0 saturated heterocycles. The largest absolute Gasteiger partial charge is 0.384 e. The minimum absolute atomic E-state index is 0.509. The summed E-state index contributed by atoms with van der Waals surface area (Å²) < 4.78 is 0. The molecule has 1 rings (SSSR count). The van der Waals surface area contributed by atoms with Crippen molar-refractivity contribution >= 4 is 5.69 Å². The summed E-state index contributed by atoms with van der Waals surface area (Å²) in [6.07, 6.45) is 4.44. The van der Waals surface area contributed by atoms with Gasteiger partial charge in [0.2, 0.25) is 0 Å². The molecule has 0 radical (unpaired) electrons. The van der Waals surface area contributed by atoms with E-state index in [2.05, 4.69) is 50.1 Å². The molecular formula is C14H24N2. The maximum atomic E-state index is 4.43. The van der Waals surface area contributed by atoms with Crippen LogP contribution in [-0.2, 0) is 0 Å². The predicted molar refractivity (Wildman–Crippen MR) is 70.9 cm³/mol. The van der Waals surface area contributed by atoms with E-state index < -0.39 is 0 Å². The van der Waals surface area contributed by atoms with Crippen LogP contribution in [0.1, 0.15) is 52.1 Å². The lowest BCUT2D eigenvalue weighted by Gasteiger charge is -2.09. The number of aromatic nitrogens is 1. The molecule has 2 nitrogen and oxygen atoms in total. The Labute approximate surface area is 99.5 Å². The molecule has 0 aromatic carbocycles. The Bertz CT molecular complexity index is 288. The first-order valence-electron chi connectivity index (χ1n) is 6.29. The van der Waals surface area contributed by atoms with Crippen LogP contribution in [-0.4, -0.2) is 11.5 Å². The minimum atomic E-state index is 0.509. The highest BCUT2D eigenvalue weighted by Crippen LogP contribution is 2.14. The van der Waals surface area contributed by atoms with Crippen LogP contribution in [0.4, 0.5) is 5.69 Å². The fraction of sp³-hybridized carbons (Fsp3) is 0.643. The molecule has 0 amide bonds. The molecule has 0 spiro atoms. The third kappa shape index (κ3) is 4.65. The van der Waals surface area contributed by atoms with Gasteiger partial charge < -0.3 is 5.32 Å². The summed E-state index contributed by atoms with van der Waals surface area (Å²) in [5.74, 6) is 1.30. The Morgan fingerprint density at radius 2 is 1.94 bits per heavy atom. The molecule has 1 aromatic rings. The van der Waals surface area contributed by atoms with Gasteiger partial charge in [-0.25, -0.2) is 0 Å². The van der Waals surface area contributed by atoms with E-state index in [4.69, 9.17) is 0 Å². The van der Waals surface area contributed by atoms with Gasteiger partial charge in [-0.3, -0.25) is 4.98 Å². The van der Waals surface area contributed by atoms with E-state index in [1.165, 1.54) is 12.8 Å². The SMILES string of the molecule is CC(C)CCCNc1ccc(C(C)C)nc1. The first-order chi connectivity index (χ1) is 7.59. The van der Waals surface area contributed by atoms with E-state index in [-0.39, 0.29) is 0 Å². The molecule has 0 atom stereocenters. The summed E-state index contributed by atoms with van der Waals surface area (Å²) in [5, 5.41) is 3.40. The maximum absolute atomic E-state index is 4.43. The lowest BCUT2D eigenvalue weighted by molar-refractivity contribution is 0.567. The monoisotopic (exact) mass is 220 g/mol. The van der Waals surface area contributed by atoms with Gasteiger partial charge in [0.25, 0.3) is 0 Å². The fourth-order valence-corrected chi connectivity index (χ4v) is 1.59. The third-order valence-electron chi connectivity index (χ3n) is 2.67. The van der Waals surface area contributed by atoms with E-state index in [1.54, 1.807) is 0 Å². The van der Waals surface area contributed by atoms with E-state index in [0.29, 0.717) is 5.92 Å². The number of anilines is 1. The number of hydrogen-bond acceptors (Lipinski definition) is 2. The molecule has 0 aliphatic heterocycles. The molecule has 16 heavy (non-hydrogen) atoms. The Kier molecular flexibility index (Phi) is 5.30. The lowest BCUT2D eigenvalue weighted by atomic mass is 10.1. The average Bonchev–Trinajstić information content (AvgIpc) is 2.25. The first kappa shape index (κ1) is 13.0. The smallest absolute Gasteiger partial charge is 0.0526 e. The second-order valence-electron chi connectivity index (χ2n) is 5.09. The van der Waals surface area contributed by atoms with Crippen LogP contribution in [0.2, 0.25) is 0 Å². The van der Waals surface area contributed by atoms with E-state index in [9.17, 15) is 0 Å². The van der Waals surface area contributed by atoms with Crippen LogP contribution in [0, 0.1) is 5.92 Å². The van der Waals surface area contributed by atoms with Crippen molar-refractivity contribution in [3.63, 3.8) is 0 Å². The Balaban J connectivity index is 2.32. The van der Waals surface area contributed by atoms with Gasteiger partial charge in [-0.05, 0) is 36.8 Å². The highest BCUT2D eigenvalue weighted by atomic mass is 14.9. The maximum Gasteiger partial charge on any atom is 0.0526 e. The van der Waals surface area contributed by atoms with Crippen LogP contribution in [0.3, 0.4) is 0 Å². The number of nitrogens with zero attached hydrogens (tertiary/aromatic N) is 1. The summed E-state index contributed by atoms with van der Waals surface area (Å²) in [7, 11) is 0. The van der Waals surface area contributed by atoms with Crippen LogP contribution in [0.5, 0.6) is 0 Å². The number of nitrogens with one attached hydrogen (secondary N) is 1. The molecule has 1 heterocycles. The quantitative estimate of drug-likeness (QED) is 0.731. The molecule has 0 saturated carbocycles. The summed E-state index contributed by atoms with van der Waals surface area (Å²) in [6.45, 7) is 9.90. The molecule has 0 aliphatic rings. The molecule has 2 heteroatoms. The van der Waals surface area contributed by atoms with Gasteiger partial charge in [0.05, 0.1) is 11.9 Å². The summed E-state index contributed by atoms with van der Waals surface area (Å²) in [6, 6.07) is 4.23. The molecule has 0 fully saturated rings. The van der Waals surface area contributed by atoms with Gasteiger partial charge in [-0.15, -0.1) is 0 Å². The van der Waals surface area contributed by atoms with E-state index in [1.807, 2.05) is 6.20 Å². The van der Waals surface area contributed by atoms with Gasteiger partial charge in [0.15, 0.2) is 0 Å². The fourth-order valence-electron chi connectivity index (χ4n) is 1.59. The topological polar surface area (TPSA) is 24.9 Å². The zero-order valence-electron chi connectivity index (χ0n) is 11.0. The van der Waals surface area contributed by atoms with Gasteiger partial charge in [-0.1, -0.05) is 27.7 Å². The highest BCUT2D eigenvalue weighted by Gasteiger charge is 2.00.